The summed E-state index contributed by atoms with van der Waals surface area (Å²) in [4.78, 5) is 14.6. The normalized spacial score (nSPS) is 15.0. The standard InChI is InChI=1S/C20H24N2O4S/c1-15(14-27(24,25)21-17-9-5-10-18(13-17)26-2)20(23)22-12-6-8-16-7-3-4-11-19(16)22/h3-5,7,9-11,13,15,21H,6,8,12,14H2,1-2H3. The van der Waals surface area contributed by atoms with Gasteiger partial charge in [-0.2, -0.15) is 0 Å². The highest BCUT2D eigenvalue weighted by atomic mass is 32.2. The molecule has 2 aromatic carbocycles. The zero-order chi connectivity index (χ0) is 19.4. The minimum Gasteiger partial charge on any atom is -0.497 e. The Balaban J connectivity index is 1.70. The van der Waals surface area contributed by atoms with Crippen LogP contribution in [0.4, 0.5) is 11.4 Å². The fourth-order valence-electron chi connectivity index (χ4n) is 3.34. The zero-order valence-corrected chi connectivity index (χ0v) is 16.3. The van der Waals surface area contributed by atoms with Gasteiger partial charge < -0.3 is 9.64 Å². The second kappa shape index (κ2) is 8.00. The first-order valence-electron chi connectivity index (χ1n) is 8.93. The molecule has 0 aliphatic carbocycles. The Morgan fingerprint density at radius 1 is 1.22 bits per heavy atom. The quantitative estimate of drug-likeness (QED) is 0.825. The van der Waals surface area contributed by atoms with Gasteiger partial charge in [-0.3, -0.25) is 9.52 Å². The third-order valence-electron chi connectivity index (χ3n) is 4.61. The van der Waals surface area contributed by atoms with Crippen LogP contribution in [0.5, 0.6) is 5.75 Å². The largest absolute Gasteiger partial charge is 0.497 e. The molecule has 1 aliphatic rings. The summed E-state index contributed by atoms with van der Waals surface area (Å²) in [5, 5.41) is 0. The molecule has 0 radical (unpaired) electrons. The van der Waals surface area contributed by atoms with E-state index in [1.54, 1.807) is 36.1 Å². The van der Waals surface area contributed by atoms with E-state index in [4.69, 9.17) is 4.74 Å². The summed E-state index contributed by atoms with van der Waals surface area (Å²) >= 11 is 0. The molecule has 27 heavy (non-hydrogen) atoms. The maximum absolute atomic E-state index is 12.9. The number of fused-ring (bicyclic) bond motifs is 1. The van der Waals surface area contributed by atoms with Crippen LogP contribution in [-0.4, -0.2) is 33.7 Å². The van der Waals surface area contributed by atoms with Gasteiger partial charge in [0, 0.05) is 18.3 Å². The van der Waals surface area contributed by atoms with Crippen molar-refractivity contribution >= 4 is 27.3 Å². The number of aryl methyl sites for hydroxylation is 1. The van der Waals surface area contributed by atoms with Crippen molar-refractivity contribution in [3.8, 4) is 5.75 Å². The summed E-state index contributed by atoms with van der Waals surface area (Å²) < 4.78 is 32.7. The van der Waals surface area contributed by atoms with Crippen LogP contribution in [0.15, 0.2) is 48.5 Å². The molecular weight excluding hydrogens is 364 g/mol. The Hall–Kier alpha value is -2.54. The smallest absolute Gasteiger partial charge is 0.233 e. The second-order valence-corrected chi connectivity index (χ2v) is 8.51. The predicted molar refractivity (Wildman–Crippen MR) is 107 cm³/mol. The van der Waals surface area contributed by atoms with Gasteiger partial charge >= 0.3 is 0 Å². The van der Waals surface area contributed by atoms with Crippen molar-refractivity contribution < 1.29 is 17.9 Å². The van der Waals surface area contributed by atoms with Gasteiger partial charge in [-0.15, -0.1) is 0 Å². The molecular formula is C20H24N2O4S. The number of anilines is 2. The number of carbonyl (C=O) groups is 1. The van der Waals surface area contributed by atoms with Crippen LogP contribution in [0.25, 0.3) is 0 Å². The molecule has 3 rings (SSSR count). The molecule has 0 spiro atoms. The number of benzene rings is 2. The van der Waals surface area contributed by atoms with Gasteiger partial charge in [-0.25, -0.2) is 8.42 Å². The van der Waals surface area contributed by atoms with Gasteiger partial charge in [-0.05, 0) is 36.6 Å². The van der Waals surface area contributed by atoms with Crippen molar-refractivity contribution in [1.82, 2.24) is 0 Å². The average Bonchev–Trinajstić information content (AvgIpc) is 2.66. The summed E-state index contributed by atoms with van der Waals surface area (Å²) in [7, 11) is -2.15. The molecule has 2 aromatic rings. The third-order valence-corrected chi connectivity index (χ3v) is 6.10. The highest BCUT2D eigenvalue weighted by Gasteiger charge is 2.29. The minimum atomic E-state index is -3.67. The number of ether oxygens (including phenoxy) is 1. The fraction of sp³-hybridized carbons (Fsp3) is 0.350. The SMILES string of the molecule is COc1cccc(NS(=O)(=O)CC(C)C(=O)N2CCCc3ccccc32)c1. The van der Waals surface area contributed by atoms with Crippen molar-refractivity contribution in [1.29, 1.82) is 0 Å². The molecule has 6 nitrogen and oxygen atoms in total. The van der Waals surface area contributed by atoms with Gasteiger partial charge in [0.05, 0.1) is 24.5 Å². The molecule has 144 valence electrons. The Morgan fingerprint density at radius 2 is 2.00 bits per heavy atom. The van der Waals surface area contributed by atoms with Crippen molar-refractivity contribution in [2.45, 2.75) is 19.8 Å². The average molecular weight is 388 g/mol. The molecule has 1 aliphatic heterocycles. The number of methoxy groups -OCH3 is 1. The zero-order valence-electron chi connectivity index (χ0n) is 15.5. The molecule has 1 unspecified atom stereocenters. The lowest BCUT2D eigenvalue weighted by Gasteiger charge is -2.31. The minimum absolute atomic E-state index is 0.168. The molecule has 0 fully saturated rings. The molecule has 0 aromatic heterocycles. The number of carbonyl (C=O) groups excluding carboxylic acids is 1. The summed E-state index contributed by atoms with van der Waals surface area (Å²) in [5.41, 5.74) is 2.43. The number of nitrogens with one attached hydrogen (secondary N) is 1. The number of para-hydroxylation sites is 1. The maximum atomic E-state index is 12.9. The lowest BCUT2D eigenvalue weighted by atomic mass is 10.0. The van der Waals surface area contributed by atoms with Crippen LogP contribution in [0.3, 0.4) is 0 Å². The van der Waals surface area contributed by atoms with E-state index in [1.165, 1.54) is 7.11 Å². The number of hydrogen-bond acceptors (Lipinski definition) is 4. The van der Waals surface area contributed by atoms with E-state index >= 15 is 0 Å². The lowest BCUT2D eigenvalue weighted by molar-refractivity contribution is -0.121. The lowest BCUT2D eigenvalue weighted by Crippen LogP contribution is -2.41. The first-order chi connectivity index (χ1) is 12.9. The van der Waals surface area contributed by atoms with Gasteiger partial charge in [0.1, 0.15) is 5.75 Å². The van der Waals surface area contributed by atoms with Gasteiger partial charge in [-0.1, -0.05) is 31.2 Å². The van der Waals surface area contributed by atoms with Crippen LogP contribution < -0.4 is 14.4 Å². The number of rotatable bonds is 6. The van der Waals surface area contributed by atoms with Crippen LogP contribution >= 0.6 is 0 Å². The number of sulfonamides is 1. The maximum Gasteiger partial charge on any atom is 0.233 e. The van der Waals surface area contributed by atoms with E-state index in [1.807, 2.05) is 24.3 Å². The molecule has 1 amide bonds. The van der Waals surface area contributed by atoms with Crippen LogP contribution in [0, 0.1) is 5.92 Å². The molecule has 1 atom stereocenters. The highest BCUT2D eigenvalue weighted by molar-refractivity contribution is 7.92. The topological polar surface area (TPSA) is 75.7 Å². The van der Waals surface area contributed by atoms with Crippen molar-refractivity contribution in [2.75, 3.05) is 29.0 Å². The van der Waals surface area contributed by atoms with Crippen LogP contribution in [0.2, 0.25) is 0 Å². The van der Waals surface area contributed by atoms with E-state index < -0.39 is 15.9 Å². The molecule has 1 N–H and O–H groups in total. The Labute approximate surface area is 160 Å². The fourth-order valence-corrected chi connectivity index (χ4v) is 4.71. The van der Waals surface area contributed by atoms with Crippen molar-refractivity contribution in [3.63, 3.8) is 0 Å². The Bertz CT molecular complexity index is 927. The van der Waals surface area contributed by atoms with E-state index in [2.05, 4.69) is 4.72 Å². The Kier molecular flexibility index (Phi) is 5.70. The van der Waals surface area contributed by atoms with E-state index in [9.17, 15) is 13.2 Å². The van der Waals surface area contributed by atoms with E-state index in [-0.39, 0.29) is 11.7 Å². The molecule has 0 saturated carbocycles. The summed E-state index contributed by atoms with van der Waals surface area (Å²) in [6.07, 6.45) is 1.81. The van der Waals surface area contributed by atoms with Gasteiger partial charge in [0.2, 0.25) is 15.9 Å². The summed E-state index contributed by atoms with van der Waals surface area (Å²) in [6.45, 7) is 2.27. The number of nitrogens with zero attached hydrogens (tertiary/aromatic N) is 1. The van der Waals surface area contributed by atoms with Crippen LogP contribution in [-0.2, 0) is 21.2 Å². The molecule has 0 bridgehead atoms. The first kappa shape index (κ1) is 19.2. The van der Waals surface area contributed by atoms with Gasteiger partial charge in [0.15, 0.2) is 0 Å². The monoisotopic (exact) mass is 388 g/mol. The first-order valence-corrected chi connectivity index (χ1v) is 10.6. The summed E-state index contributed by atoms with van der Waals surface area (Å²) in [6, 6.07) is 14.5. The predicted octanol–water partition coefficient (Wildman–Crippen LogP) is 3.05. The van der Waals surface area contributed by atoms with E-state index in [0.29, 0.717) is 18.0 Å². The highest BCUT2D eigenvalue weighted by Crippen LogP contribution is 2.28. The third kappa shape index (κ3) is 4.60. The molecule has 7 heteroatoms. The van der Waals surface area contributed by atoms with Crippen LogP contribution in [0.1, 0.15) is 18.9 Å². The molecule has 1 heterocycles. The Morgan fingerprint density at radius 3 is 2.78 bits per heavy atom. The van der Waals surface area contributed by atoms with E-state index in [0.717, 1.165) is 24.1 Å². The molecule has 0 saturated heterocycles. The number of hydrogen-bond donors (Lipinski definition) is 1. The van der Waals surface area contributed by atoms with Crippen molar-refractivity contribution in [3.05, 3.63) is 54.1 Å². The number of amides is 1. The van der Waals surface area contributed by atoms with Crippen molar-refractivity contribution in [2.24, 2.45) is 5.92 Å². The van der Waals surface area contributed by atoms with Gasteiger partial charge in [0.25, 0.3) is 0 Å². The second-order valence-electron chi connectivity index (χ2n) is 6.74. The summed E-state index contributed by atoms with van der Waals surface area (Å²) in [5.74, 6) is -0.538.